The molecule has 0 aliphatic rings. The zero-order valence-electron chi connectivity index (χ0n) is 16.7. The highest BCUT2D eigenvalue weighted by atomic mass is 127. The molecule has 9 heteroatoms. The number of guanidine groups is 1. The summed E-state index contributed by atoms with van der Waals surface area (Å²) in [4.78, 5) is 8.96. The number of nitrogens with one attached hydrogen (secondary N) is 2. The van der Waals surface area contributed by atoms with Crippen molar-refractivity contribution in [2.75, 3.05) is 6.54 Å². The Hall–Kier alpha value is -2.43. The van der Waals surface area contributed by atoms with Gasteiger partial charge in [0, 0.05) is 19.3 Å². The molecule has 8 nitrogen and oxygen atoms in total. The number of aliphatic imine (C=N–C) groups is 1. The SMILES string of the molecule is CCNC(=NCc1ccccc1-n1nc(C)cc1C)NCc1ncnn1C.I. The first kappa shape index (κ1) is 21.9. The van der Waals surface area contributed by atoms with Crippen molar-refractivity contribution in [3.63, 3.8) is 0 Å². The van der Waals surface area contributed by atoms with Crippen molar-refractivity contribution in [3.8, 4) is 5.69 Å². The molecule has 3 aromatic rings. The molecule has 1 aromatic carbocycles. The molecule has 3 rings (SSSR count). The molecule has 0 unspecified atom stereocenters. The Morgan fingerprint density at radius 2 is 1.96 bits per heavy atom. The number of aryl methyl sites for hydroxylation is 3. The highest BCUT2D eigenvalue weighted by Gasteiger charge is 2.09. The third-order valence-corrected chi connectivity index (χ3v) is 4.20. The molecule has 0 bridgehead atoms. The van der Waals surface area contributed by atoms with Gasteiger partial charge in [0.1, 0.15) is 12.2 Å². The third-order valence-electron chi connectivity index (χ3n) is 4.20. The summed E-state index contributed by atoms with van der Waals surface area (Å²) in [5.74, 6) is 1.59. The average molecular weight is 494 g/mol. The fourth-order valence-corrected chi connectivity index (χ4v) is 2.87. The number of para-hydroxylation sites is 1. The van der Waals surface area contributed by atoms with Crippen LogP contribution in [0.25, 0.3) is 5.69 Å². The number of hydrogen-bond acceptors (Lipinski definition) is 4. The highest BCUT2D eigenvalue weighted by molar-refractivity contribution is 14.0. The molecule has 2 aromatic heterocycles. The first-order valence-electron chi connectivity index (χ1n) is 9.05. The molecule has 150 valence electrons. The van der Waals surface area contributed by atoms with Gasteiger partial charge in [0.2, 0.25) is 0 Å². The average Bonchev–Trinajstić information content (AvgIpc) is 3.22. The zero-order chi connectivity index (χ0) is 19.2. The van der Waals surface area contributed by atoms with E-state index in [1.54, 1.807) is 11.0 Å². The van der Waals surface area contributed by atoms with E-state index in [2.05, 4.69) is 50.9 Å². The highest BCUT2D eigenvalue weighted by Crippen LogP contribution is 2.17. The second kappa shape index (κ2) is 10.2. The summed E-state index contributed by atoms with van der Waals surface area (Å²) in [6, 6.07) is 10.3. The fourth-order valence-electron chi connectivity index (χ4n) is 2.87. The minimum atomic E-state index is 0. The predicted molar refractivity (Wildman–Crippen MR) is 121 cm³/mol. The van der Waals surface area contributed by atoms with Gasteiger partial charge in [0.05, 0.1) is 24.5 Å². The first-order valence-corrected chi connectivity index (χ1v) is 9.05. The number of nitrogens with zero attached hydrogens (tertiary/aromatic N) is 6. The standard InChI is InChI=1S/C19H26N8.HI/c1-5-20-19(22-12-18-23-13-24-26(18)4)21-11-16-8-6-7-9-17(16)27-15(3)10-14(2)25-27;/h6-10,13H,5,11-12H2,1-4H3,(H2,20,21,22);1H. The van der Waals surface area contributed by atoms with E-state index in [1.807, 2.05) is 37.7 Å². The third kappa shape index (κ3) is 5.31. The van der Waals surface area contributed by atoms with E-state index in [9.17, 15) is 0 Å². The fraction of sp³-hybridized carbons (Fsp3) is 0.368. The van der Waals surface area contributed by atoms with E-state index < -0.39 is 0 Å². The van der Waals surface area contributed by atoms with Crippen molar-refractivity contribution in [2.24, 2.45) is 12.0 Å². The Morgan fingerprint density at radius 3 is 2.61 bits per heavy atom. The molecule has 0 aliphatic carbocycles. The van der Waals surface area contributed by atoms with Crippen molar-refractivity contribution >= 4 is 29.9 Å². The van der Waals surface area contributed by atoms with Crippen molar-refractivity contribution < 1.29 is 0 Å². The molecule has 0 saturated carbocycles. The van der Waals surface area contributed by atoms with E-state index in [1.165, 1.54) is 0 Å². The normalized spacial score (nSPS) is 11.2. The van der Waals surface area contributed by atoms with Gasteiger partial charge < -0.3 is 10.6 Å². The van der Waals surface area contributed by atoms with Crippen molar-refractivity contribution in [1.82, 2.24) is 35.2 Å². The Labute approximate surface area is 182 Å². The maximum absolute atomic E-state index is 4.73. The minimum absolute atomic E-state index is 0. The van der Waals surface area contributed by atoms with Crippen LogP contribution in [-0.4, -0.2) is 37.0 Å². The van der Waals surface area contributed by atoms with Gasteiger partial charge in [-0.2, -0.15) is 10.2 Å². The predicted octanol–water partition coefficient (Wildman–Crippen LogP) is 2.49. The molecule has 0 radical (unpaired) electrons. The zero-order valence-corrected chi connectivity index (χ0v) is 19.0. The van der Waals surface area contributed by atoms with E-state index in [0.29, 0.717) is 13.1 Å². The van der Waals surface area contributed by atoms with Crippen LogP contribution in [0.15, 0.2) is 41.7 Å². The van der Waals surface area contributed by atoms with Gasteiger partial charge in [-0.15, -0.1) is 24.0 Å². The molecule has 28 heavy (non-hydrogen) atoms. The Balaban J connectivity index is 0.00000280. The molecule has 2 N–H and O–H groups in total. The summed E-state index contributed by atoms with van der Waals surface area (Å²) in [7, 11) is 1.87. The lowest BCUT2D eigenvalue weighted by Gasteiger charge is -2.13. The van der Waals surface area contributed by atoms with Crippen LogP contribution >= 0.6 is 24.0 Å². The summed E-state index contributed by atoms with van der Waals surface area (Å²) < 4.78 is 3.72. The lowest BCUT2D eigenvalue weighted by molar-refractivity contribution is 0.673. The Morgan fingerprint density at radius 1 is 1.18 bits per heavy atom. The molecular formula is C19H27IN8. The molecular weight excluding hydrogens is 467 g/mol. The van der Waals surface area contributed by atoms with Crippen molar-refractivity contribution in [1.29, 1.82) is 0 Å². The number of hydrogen-bond donors (Lipinski definition) is 2. The molecule has 0 saturated heterocycles. The van der Waals surface area contributed by atoms with Gasteiger partial charge in [-0.05, 0) is 38.5 Å². The van der Waals surface area contributed by atoms with Crippen LogP contribution in [0.3, 0.4) is 0 Å². The lowest BCUT2D eigenvalue weighted by Crippen LogP contribution is -2.37. The number of benzene rings is 1. The molecule has 0 atom stereocenters. The monoisotopic (exact) mass is 494 g/mol. The Bertz CT molecular complexity index is 928. The smallest absolute Gasteiger partial charge is 0.191 e. The van der Waals surface area contributed by atoms with Crippen molar-refractivity contribution in [2.45, 2.75) is 33.9 Å². The van der Waals surface area contributed by atoms with Crippen LogP contribution in [0.5, 0.6) is 0 Å². The van der Waals surface area contributed by atoms with Crippen LogP contribution in [0, 0.1) is 13.8 Å². The molecule has 0 fully saturated rings. The van der Waals surface area contributed by atoms with Gasteiger partial charge >= 0.3 is 0 Å². The lowest BCUT2D eigenvalue weighted by atomic mass is 10.2. The van der Waals surface area contributed by atoms with Gasteiger partial charge in [-0.25, -0.2) is 14.7 Å². The van der Waals surface area contributed by atoms with E-state index in [4.69, 9.17) is 4.99 Å². The minimum Gasteiger partial charge on any atom is -0.357 e. The first-order chi connectivity index (χ1) is 13.1. The van der Waals surface area contributed by atoms with Gasteiger partial charge in [-0.3, -0.25) is 4.68 Å². The summed E-state index contributed by atoms with van der Waals surface area (Å²) in [6.07, 6.45) is 1.55. The molecule has 0 spiro atoms. The summed E-state index contributed by atoms with van der Waals surface area (Å²) in [5.41, 5.74) is 4.27. The second-order valence-corrected chi connectivity index (χ2v) is 6.32. The topological polar surface area (TPSA) is 84.9 Å². The summed E-state index contributed by atoms with van der Waals surface area (Å²) in [5, 5.41) is 15.3. The maximum Gasteiger partial charge on any atom is 0.191 e. The van der Waals surface area contributed by atoms with Gasteiger partial charge in [-0.1, -0.05) is 18.2 Å². The number of aromatic nitrogens is 5. The summed E-state index contributed by atoms with van der Waals surface area (Å²) >= 11 is 0. The number of rotatable bonds is 6. The van der Waals surface area contributed by atoms with Crippen LogP contribution in [-0.2, 0) is 20.1 Å². The largest absolute Gasteiger partial charge is 0.357 e. The van der Waals surface area contributed by atoms with Gasteiger partial charge in [0.25, 0.3) is 0 Å². The van der Waals surface area contributed by atoms with E-state index in [-0.39, 0.29) is 24.0 Å². The van der Waals surface area contributed by atoms with E-state index in [0.717, 1.165) is 41.0 Å². The molecule has 2 heterocycles. The van der Waals surface area contributed by atoms with Gasteiger partial charge in [0.15, 0.2) is 5.96 Å². The van der Waals surface area contributed by atoms with Crippen LogP contribution in [0.4, 0.5) is 0 Å². The van der Waals surface area contributed by atoms with Crippen molar-refractivity contribution in [3.05, 3.63) is 59.4 Å². The number of halogens is 1. The molecule has 0 aliphatic heterocycles. The van der Waals surface area contributed by atoms with Crippen LogP contribution in [0.2, 0.25) is 0 Å². The quantitative estimate of drug-likeness (QED) is 0.313. The summed E-state index contributed by atoms with van der Waals surface area (Å²) in [6.45, 7) is 7.99. The maximum atomic E-state index is 4.73. The molecule has 0 amide bonds. The van der Waals surface area contributed by atoms with Crippen LogP contribution in [0.1, 0.15) is 29.7 Å². The Kier molecular flexibility index (Phi) is 7.97. The second-order valence-electron chi connectivity index (χ2n) is 6.32. The van der Waals surface area contributed by atoms with E-state index >= 15 is 0 Å². The van der Waals surface area contributed by atoms with Crippen LogP contribution < -0.4 is 10.6 Å².